The minimum Gasteiger partial charge on any atom is -0.317 e. The van der Waals surface area contributed by atoms with Crippen LogP contribution in [0, 0.1) is 5.92 Å². The molecular formula is C15H26N+. The lowest BCUT2D eigenvalue weighted by molar-refractivity contribution is -0.961. The quantitative estimate of drug-likeness (QED) is 0.433. The molecular weight excluding hydrogens is 194 g/mol. The summed E-state index contributed by atoms with van der Waals surface area (Å²) in [5, 5.41) is 0. The summed E-state index contributed by atoms with van der Waals surface area (Å²) in [5.74, 6) is 0.932. The van der Waals surface area contributed by atoms with E-state index in [0.717, 1.165) is 5.92 Å². The smallest absolute Gasteiger partial charge is 0.118 e. The summed E-state index contributed by atoms with van der Waals surface area (Å²) < 4.78 is 1.34. The number of likely N-dealkylation sites (N-methyl/N-ethyl adjacent to an activating group) is 1. The van der Waals surface area contributed by atoms with Crippen molar-refractivity contribution >= 4 is 0 Å². The van der Waals surface area contributed by atoms with Gasteiger partial charge in [-0.05, 0) is 38.2 Å². The Hall–Kier alpha value is -0.300. The topological polar surface area (TPSA) is 0 Å². The minimum atomic E-state index is 0.511. The molecule has 1 heteroatoms. The molecule has 0 aromatic carbocycles. The largest absolute Gasteiger partial charge is 0.317 e. The molecule has 0 N–H and O–H groups in total. The molecule has 0 spiro atoms. The molecule has 1 saturated heterocycles. The fraction of sp³-hybridized carbons (Fsp3) is 0.867. The fourth-order valence-electron chi connectivity index (χ4n) is 4.71. The highest BCUT2D eigenvalue weighted by molar-refractivity contribution is 5.30. The lowest BCUT2D eigenvalue weighted by Crippen LogP contribution is -2.67. The van der Waals surface area contributed by atoms with Crippen molar-refractivity contribution in [3.63, 3.8) is 0 Å². The predicted molar refractivity (Wildman–Crippen MR) is 68.2 cm³/mol. The van der Waals surface area contributed by atoms with Gasteiger partial charge in [-0.25, -0.2) is 0 Å². The highest BCUT2D eigenvalue weighted by Crippen LogP contribution is 2.50. The molecule has 0 amide bonds. The van der Waals surface area contributed by atoms with Crippen molar-refractivity contribution in [1.29, 1.82) is 0 Å². The number of quaternary nitrogens is 1. The van der Waals surface area contributed by atoms with E-state index in [1.165, 1.54) is 56.1 Å². The Morgan fingerprint density at radius 1 is 1.25 bits per heavy atom. The first kappa shape index (κ1) is 10.8. The summed E-state index contributed by atoms with van der Waals surface area (Å²) in [7, 11) is 2.53. The third-order valence-electron chi connectivity index (χ3n) is 5.92. The van der Waals surface area contributed by atoms with E-state index in [4.69, 9.17) is 0 Å². The van der Waals surface area contributed by atoms with Gasteiger partial charge in [0.1, 0.15) is 5.54 Å². The molecule has 1 unspecified atom stereocenters. The molecule has 3 atom stereocenters. The van der Waals surface area contributed by atoms with Crippen molar-refractivity contribution in [1.82, 2.24) is 0 Å². The van der Waals surface area contributed by atoms with Crippen LogP contribution in [0.4, 0.5) is 0 Å². The zero-order valence-corrected chi connectivity index (χ0v) is 11.2. The summed E-state index contributed by atoms with van der Waals surface area (Å²) in [4.78, 5) is 0. The van der Waals surface area contributed by atoms with Gasteiger partial charge >= 0.3 is 0 Å². The van der Waals surface area contributed by atoms with Crippen LogP contribution in [0.5, 0.6) is 0 Å². The molecule has 1 aliphatic carbocycles. The second kappa shape index (κ2) is 3.35. The Bertz CT molecular complexity index is 343. The fourth-order valence-corrected chi connectivity index (χ4v) is 4.71. The van der Waals surface area contributed by atoms with Crippen LogP contribution in [0.25, 0.3) is 0 Å². The van der Waals surface area contributed by atoms with Crippen LogP contribution in [0.3, 0.4) is 0 Å². The van der Waals surface area contributed by atoms with Crippen LogP contribution >= 0.6 is 0 Å². The lowest BCUT2D eigenvalue weighted by atomic mass is 9.72. The molecule has 2 heterocycles. The van der Waals surface area contributed by atoms with Crippen molar-refractivity contribution in [3.8, 4) is 0 Å². The van der Waals surface area contributed by atoms with Crippen LogP contribution < -0.4 is 0 Å². The zero-order valence-electron chi connectivity index (χ0n) is 11.2. The summed E-state index contributed by atoms with van der Waals surface area (Å²) in [6.45, 7) is 7.83. The van der Waals surface area contributed by atoms with Gasteiger partial charge in [-0.1, -0.05) is 12.5 Å². The van der Waals surface area contributed by atoms with Gasteiger partial charge in [0, 0.05) is 18.8 Å². The molecule has 0 aromatic rings. The number of hydrogen-bond acceptors (Lipinski definition) is 0. The maximum absolute atomic E-state index is 2.57. The minimum absolute atomic E-state index is 0.511. The summed E-state index contributed by atoms with van der Waals surface area (Å²) in [6, 6.07) is 0. The molecule has 1 nitrogen and oxygen atoms in total. The monoisotopic (exact) mass is 220 g/mol. The average Bonchev–Trinajstić information content (AvgIpc) is 2.70. The zero-order chi connectivity index (χ0) is 11.4. The molecule has 3 aliphatic rings. The molecule has 0 aromatic heterocycles. The van der Waals surface area contributed by atoms with Crippen molar-refractivity contribution < 1.29 is 4.48 Å². The predicted octanol–water partition coefficient (Wildman–Crippen LogP) is 3.51. The molecule has 1 fully saturated rings. The van der Waals surface area contributed by atoms with E-state index in [2.05, 4.69) is 20.9 Å². The second-order valence-corrected chi connectivity index (χ2v) is 6.91. The van der Waals surface area contributed by atoms with Crippen LogP contribution in [0.15, 0.2) is 11.1 Å². The van der Waals surface area contributed by atoms with Gasteiger partial charge in [-0.15, -0.1) is 0 Å². The van der Waals surface area contributed by atoms with Crippen LogP contribution in [0.2, 0.25) is 0 Å². The Balaban J connectivity index is 2.02. The van der Waals surface area contributed by atoms with Gasteiger partial charge in [0.05, 0.1) is 20.1 Å². The van der Waals surface area contributed by atoms with E-state index >= 15 is 0 Å². The van der Waals surface area contributed by atoms with E-state index in [0.29, 0.717) is 5.54 Å². The highest BCUT2D eigenvalue weighted by Gasteiger charge is 2.53. The second-order valence-electron chi connectivity index (χ2n) is 6.91. The Morgan fingerprint density at radius 3 is 2.88 bits per heavy atom. The standard InChI is InChI=1S/C15H26N/c1-12-7-9-15(2)14-6-4-5-13(14)8-10-16(15,3)11-12/h12H,4-11H2,1-3H3/q+1/t12-,15+,16?/m0/s1. The molecule has 0 bridgehead atoms. The average molecular weight is 220 g/mol. The highest BCUT2D eigenvalue weighted by atomic mass is 15.4. The molecule has 3 rings (SSSR count). The van der Waals surface area contributed by atoms with Crippen molar-refractivity contribution in [2.45, 2.75) is 57.9 Å². The molecule has 2 aliphatic heterocycles. The van der Waals surface area contributed by atoms with Crippen molar-refractivity contribution in [3.05, 3.63) is 11.1 Å². The normalized spacial score (nSPS) is 47.8. The van der Waals surface area contributed by atoms with Crippen LogP contribution in [-0.4, -0.2) is 30.2 Å². The van der Waals surface area contributed by atoms with Crippen LogP contribution in [0.1, 0.15) is 52.4 Å². The Morgan fingerprint density at radius 2 is 2.06 bits per heavy atom. The van der Waals surface area contributed by atoms with Gasteiger partial charge in [0.15, 0.2) is 0 Å². The van der Waals surface area contributed by atoms with E-state index in [-0.39, 0.29) is 0 Å². The molecule has 0 saturated carbocycles. The Kier molecular flexibility index (Phi) is 2.27. The molecule has 0 radical (unpaired) electrons. The number of fused-ring (bicyclic) bond motifs is 2. The molecule has 16 heavy (non-hydrogen) atoms. The van der Waals surface area contributed by atoms with Gasteiger partial charge in [-0.2, -0.15) is 0 Å². The number of nitrogens with zero attached hydrogens (tertiary/aromatic N) is 1. The number of hydrogen-bond donors (Lipinski definition) is 0. The number of rotatable bonds is 0. The van der Waals surface area contributed by atoms with Crippen molar-refractivity contribution in [2.24, 2.45) is 5.92 Å². The number of piperidine rings is 1. The summed E-state index contributed by atoms with van der Waals surface area (Å²) >= 11 is 0. The van der Waals surface area contributed by atoms with E-state index in [1.54, 1.807) is 0 Å². The third-order valence-corrected chi connectivity index (χ3v) is 5.92. The summed E-state index contributed by atoms with van der Waals surface area (Å²) in [6.07, 6.45) is 8.54. The first-order valence-corrected chi connectivity index (χ1v) is 7.11. The van der Waals surface area contributed by atoms with E-state index in [9.17, 15) is 0 Å². The van der Waals surface area contributed by atoms with Gasteiger partial charge in [0.2, 0.25) is 0 Å². The Labute approximate surface area is 100 Å². The SMILES string of the molecule is C[C@H]1CC[C@]2(C)C3=C(CCC3)CC[N+]2(C)C1. The maximum Gasteiger partial charge on any atom is 0.118 e. The first-order chi connectivity index (χ1) is 7.55. The van der Waals surface area contributed by atoms with Gasteiger partial charge in [-0.3, -0.25) is 0 Å². The third kappa shape index (κ3) is 1.27. The lowest BCUT2D eigenvalue weighted by Gasteiger charge is -2.57. The maximum atomic E-state index is 2.57. The van der Waals surface area contributed by atoms with E-state index < -0.39 is 0 Å². The van der Waals surface area contributed by atoms with Crippen LogP contribution in [-0.2, 0) is 0 Å². The van der Waals surface area contributed by atoms with E-state index in [1.807, 2.05) is 11.1 Å². The van der Waals surface area contributed by atoms with Crippen molar-refractivity contribution in [2.75, 3.05) is 20.1 Å². The molecule has 90 valence electrons. The van der Waals surface area contributed by atoms with Gasteiger partial charge in [0.25, 0.3) is 0 Å². The van der Waals surface area contributed by atoms with Gasteiger partial charge < -0.3 is 4.48 Å². The first-order valence-electron chi connectivity index (χ1n) is 7.11. The summed E-state index contributed by atoms with van der Waals surface area (Å²) in [5.41, 5.74) is 4.25.